The molecular weight excluding hydrogens is 259 g/mol. The number of halogens is 1. The molecule has 2 aromatic rings. The van der Waals surface area contributed by atoms with E-state index in [0.717, 1.165) is 6.54 Å². The molecule has 1 aromatic carbocycles. The maximum atomic E-state index is 13.9. The second kappa shape index (κ2) is 5.98. The summed E-state index contributed by atoms with van der Waals surface area (Å²) in [5, 5.41) is 3.19. The van der Waals surface area contributed by atoms with E-state index in [4.69, 9.17) is 9.47 Å². The third kappa shape index (κ3) is 2.95. The van der Waals surface area contributed by atoms with Gasteiger partial charge in [-0.05, 0) is 30.3 Å². The van der Waals surface area contributed by atoms with E-state index < -0.39 is 0 Å². The quantitative estimate of drug-likeness (QED) is 0.934. The van der Waals surface area contributed by atoms with Crippen molar-refractivity contribution in [1.29, 1.82) is 0 Å². The Morgan fingerprint density at radius 2 is 2.05 bits per heavy atom. The SMILES string of the molecule is Fc1ccc(Oc2ccncc2)cc1[C@H]1CNCCO1. The van der Waals surface area contributed by atoms with Gasteiger partial charge in [0.15, 0.2) is 0 Å². The number of morpholine rings is 1. The monoisotopic (exact) mass is 274 g/mol. The molecule has 3 rings (SSSR count). The summed E-state index contributed by atoms with van der Waals surface area (Å²) in [4.78, 5) is 3.92. The van der Waals surface area contributed by atoms with Gasteiger partial charge >= 0.3 is 0 Å². The number of nitrogens with zero attached hydrogens (tertiary/aromatic N) is 1. The van der Waals surface area contributed by atoms with Crippen molar-refractivity contribution in [2.45, 2.75) is 6.10 Å². The first kappa shape index (κ1) is 13.0. The summed E-state index contributed by atoms with van der Waals surface area (Å²) in [6.45, 7) is 1.99. The fourth-order valence-corrected chi connectivity index (χ4v) is 2.14. The van der Waals surface area contributed by atoms with E-state index in [0.29, 0.717) is 30.2 Å². The van der Waals surface area contributed by atoms with Crippen molar-refractivity contribution < 1.29 is 13.9 Å². The van der Waals surface area contributed by atoms with E-state index >= 15 is 0 Å². The second-order valence-corrected chi connectivity index (χ2v) is 4.53. The summed E-state index contributed by atoms with van der Waals surface area (Å²) in [6, 6.07) is 8.20. The van der Waals surface area contributed by atoms with E-state index in [9.17, 15) is 4.39 Å². The Kier molecular flexibility index (Phi) is 3.90. The lowest BCUT2D eigenvalue weighted by Crippen LogP contribution is -2.33. The third-order valence-electron chi connectivity index (χ3n) is 3.13. The molecule has 1 aliphatic heterocycles. The Morgan fingerprint density at radius 1 is 1.20 bits per heavy atom. The first-order valence-electron chi connectivity index (χ1n) is 6.52. The summed E-state index contributed by atoms with van der Waals surface area (Å²) in [5.74, 6) is 0.975. The number of nitrogens with one attached hydrogen (secondary N) is 1. The van der Waals surface area contributed by atoms with Crippen molar-refractivity contribution in [2.75, 3.05) is 19.7 Å². The molecule has 1 fully saturated rings. The third-order valence-corrected chi connectivity index (χ3v) is 3.13. The molecule has 2 heterocycles. The highest BCUT2D eigenvalue weighted by atomic mass is 19.1. The highest BCUT2D eigenvalue weighted by Gasteiger charge is 2.20. The molecular formula is C15H15FN2O2. The molecule has 0 spiro atoms. The van der Waals surface area contributed by atoms with Crippen LogP contribution in [0.5, 0.6) is 11.5 Å². The lowest BCUT2D eigenvalue weighted by Gasteiger charge is -2.24. The first-order valence-corrected chi connectivity index (χ1v) is 6.52. The van der Waals surface area contributed by atoms with Crippen molar-refractivity contribution in [3.05, 3.63) is 54.1 Å². The Morgan fingerprint density at radius 3 is 2.80 bits per heavy atom. The largest absolute Gasteiger partial charge is 0.457 e. The first-order chi connectivity index (χ1) is 9.83. The van der Waals surface area contributed by atoms with Crippen LogP contribution in [-0.2, 0) is 4.74 Å². The zero-order valence-electron chi connectivity index (χ0n) is 10.9. The molecule has 1 atom stereocenters. The van der Waals surface area contributed by atoms with Crippen molar-refractivity contribution in [2.24, 2.45) is 0 Å². The molecule has 0 saturated carbocycles. The molecule has 0 aliphatic carbocycles. The smallest absolute Gasteiger partial charge is 0.130 e. The van der Waals surface area contributed by atoms with Gasteiger partial charge in [-0.15, -0.1) is 0 Å². The zero-order valence-corrected chi connectivity index (χ0v) is 10.9. The van der Waals surface area contributed by atoms with Crippen molar-refractivity contribution in [3.8, 4) is 11.5 Å². The van der Waals surface area contributed by atoms with Gasteiger partial charge < -0.3 is 14.8 Å². The minimum atomic E-state index is -0.277. The molecule has 1 saturated heterocycles. The number of aromatic nitrogens is 1. The number of pyridine rings is 1. The van der Waals surface area contributed by atoms with Gasteiger partial charge in [-0.3, -0.25) is 4.98 Å². The Labute approximate surface area is 116 Å². The molecule has 0 amide bonds. The average Bonchev–Trinajstić information content (AvgIpc) is 2.51. The standard InChI is InChI=1S/C15H15FN2O2/c16-14-2-1-12(20-11-3-5-17-6-4-11)9-13(14)15-10-18-7-8-19-15/h1-6,9,15,18H,7-8,10H2/t15-/m1/s1. The number of hydrogen-bond acceptors (Lipinski definition) is 4. The lowest BCUT2D eigenvalue weighted by molar-refractivity contribution is 0.0254. The van der Waals surface area contributed by atoms with Crippen molar-refractivity contribution in [1.82, 2.24) is 10.3 Å². The van der Waals surface area contributed by atoms with E-state index in [1.54, 1.807) is 36.7 Å². The highest BCUT2D eigenvalue weighted by molar-refractivity contribution is 5.35. The van der Waals surface area contributed by atoms with Crippen LogP contribution < -0.4 is 10.1 Å². The van der Waals surface area contributed by atoms with Gasteiger partial charge in [0.25, 0.3) is 0 Å². The Bertz CT molecular complexity index is 571. The second-order valence-electron chi connectivity index (χ2n) is 4.53. The zero-order chi connectivity index (χ0) is 13.8. The molecule has 104 valence electrons. The molecule has 1 N–H and O–H groups in total. The van der Waals surface area contributed by atoms with Gasteiger partial charge in [0.1, 0.15) is 17.3 Å². The Hall–Kier alpha value is -1.98. The van der Waals surface area contributed by atoms with Gasteiger partial charge in [-0.1, -0.05) is 0 Å². The van der Waals surface area contributed by atoms with Gasteiger partial charge in [-0.2, -0.15) is 0 Å². The van der Waals surface area contributed by atoms with Crippen LogP contribution >= 0.6 is 0 Å². The van der Waals surface area contributed by atoms with Crippen LogP contribution in [0.1, 0.15) is 11.7 Å². The van der Waals surface area contributed by atoms with Gasteiger partial charge in [0.2, 0.25) is 0 Å². The van der Waals surface area contributed by atoms with E-state index in [2.05, 4.69) is 10.3 Å². The molecule has 20 heavy (non-hydrogen) atoms. The number of rotatable bonds is 3. The van der Waals surface area contributed by atoms with Crippen LogP contribution in [-0.4, -0.2) is 24.7 Å². The number of benzene rings is 1. The molecule has 4 nitrogen and oxygen atoms in total. The topological polar surface area (TPSA) is 43.4 Å². The van der Waals surface area contributed by atoms with Crippen LogP contribution in [0, 0.1) is 5.82 Å². The van der Waals surface area contributed by atoms with Crippen LogP contribution in [0.2, 0.25) is 0 Å². The van der Waals surface area contributed by atoms with Crippen LogP contribution in [0.25, 0.3) is 0 Å². The normalized spacial score (nSPS) is 18.8. The molecule has 0 radical (unpaired) electrons. The predicted octanol–water partition coefficient (Wildman–Crippen LogP) is 2.67. The molecule has 5 heteroatoms. The fraction of sp³-hybridized carbons (Fsp3) is 0.267. The minimum Gasteiger partial charge on any atom is -0.457 e. The Balaban J connectivity index is 1.82. The number of hydrogen-bond donors (Lipinski definition) is 1. The summed E-state index contributed by atoms with van der Waals surface area (Å²) in [5.41, 5.74) is 0.517. The molecule has 0 unspecified atom stereocenters. The van der Waals surface area contributed by atoms with Crippen LogP contribution in [0.15, 0.2) is 42.7 Å². The maximum absolute atomic E-state index is 13.9. The summed E-state index contributed by atoms with van der Waals surface area (Å²) < 4.78 is 25.2. The fourth-order valence-electron chi connectivity index (χ4n) is 2.14. The average molecular weight is 274 g/mol. The van der Waals surface area contributed by atoms with E-state index in [1.807, 2.05) is 0 Å². The minimum absolute atomic E-state index is 0.273. The van der Waals surface area contributed by atoms with Gasteiger partial charge in [-0.25, -0.2) is 4.39 Å². The maximum Gasteiger partial charge on any atom is 0.130 e. The molecule has 1 aliphatic rings. The predicted molar refractivity (Wildman–Crippen MR) is 72.3 cm³/mol. The highest BCUT2D eigenvalue weighted by Crippen LogP contribution is 2.28. The van der Waals surface area contributed by atoms with Gasteiger partial charge in [0.05, 0.1) is 12.7 Å². The summed E-state index contributed by atoms with van der Waals surface area (Å²) in [7, 11) is 0. The lowest BCUT2D eigenvalue weighted by atomic mass is 10.1. The molecule has 0 bridgehead atoms. The van der Waals surface area contributed by atoms with Gasteiger partial charge in [0, 0.05) is 31.0 Å². The van der Waals surface area contributed by atoms with E-state index in [-0.39, 0.29) is 11.9 Å². The van der Waals surface area contributed by atoms with Crippen LogP contribution in [0.3, 0.4) is 0 Å². The van der Waals surface area contributed by atoms with Crippen LogP contribution in [0.4, 0.5) is 4.39 Å². The van der Waals surface area contributed by atoms with Crippen molar-refractivity contribution >= 4 is 0 Å². The summed E-state index contributed by atoms with van der Waals surface area (Å²) >= 11 is 0. The molecule has 1 aromatic heterocycles. The van der Waals surface area contributed by atoms with E-state index in [1.165, 1.54) is 6.07 Å². The number of ether oxygens (including phenoxy) is 2. The summed E-state index contributed by atoms with van der Waals surface area (Å²) in [6.07, 6.45) is 3.02. The van der Waals surface area contributed by atoms with Crippen molar-refractivity contribution in [3.63, 3.8) is 0 Å².